The van der Waals surface area contributed by atoms with Crippen molar-refractivity contribution in [3.63, 3.8) is 0 Å². The first-order valence-corrected chi connectivity index (χ1v) is 18.1. The molecule has 0 bridgehead atoms. The molecule has 0 aliphatic carbocycles. The SMILES string of the molecule is CCCCCCCCCCCCCCCC(=O)O[C@@H](C)COP(=O)(OCCNC(=O)OCc1ccccc1)Oc1ccccc1. The van der Waals surface area contributed by atoms with E-state index in [-0.39, 0.29) is 32.3 Å². The normalized spacial score (nSPS) is 13.0. The molecule has 2 rings (SSSR count). The summed E-state index contributed by atoms with van der Waals surface area (Å²) in [5.41, 5.74) is 0.859. The van der Waals surface area contributed by atoms with E-state index in [0.29, 0.717) is 12.2 Å². The van der Waals surface area contributed by atoms with E-state index in [9.17, 15) is 14.2 Å². The summed E-state index contributed by atoms with van der Waals surface area (Å²) in [4.78, 5) is 24.3. The van der Waals surface area contributed by atoms with E-state index in [1.165, 1.54) is 64.2 Å². The second-order valence-electron chi connectivity index (χ2n) is 11.3. The van der Waals surface area contributed by atoms with Gasteiger partial charge in [-0.25, -0.2) is 9.36 Å². The number of nitrogens with one attached hydrogen (secondary N) is 1. The van der Waals surface area contributed by atoms with Gasteiger partial charge in [-0.05, 0) is 31.0 Å². The zero-order valence-electron chi connectivity index (χ0n) is 27.3. The van der Waals surface area contributed by atoms with Crippen LogP contribution in [0.2, 0.25) is 0 Å². The third-order valence-corrected chi connectivity index (χ3v) is 8.48. The van der Waals surface area contributed by atoms with E-state index in [4.69, 9.17) is 23.0 Å². The van der Waals surface area contributed by atoms with E-state index >= 15 is 0 Å². The van der Waals surface area contributed by atoms with Crippen molar-refractivity contribution in [1.29, 1.82) is 0 Å². The van der Waals surface area contributed by atoms with Crippen molar-refractivity contribution in [2.45, 2.75) is 116 Å². The lowest BCUT2D eigenvalue weighted by atomic mass is 10.0. The van der Waals surface area contributed by atoms with Gasteiger partial charge in [0.25, 0.3) is 0 Å². The number of hydrogen-bond donors (Lipinski definition) is 1. The minimum Gasteiger partial charge on any atom is -0.460 e. The second-order valence-corrected chi connectivity index (χ2v) is 12.9. The van der Waals surface area contributed by atoms with Crippen LogP contribution in [0.3, 0.4) is 0 Å². The number of amides is 1. The number of alkyl carbamates (subject to hydrolysis) is 1. The first-order valence-electron chi connectivity index (χ1n) is 16.7. The number of rotatable bonds is 26. The molecule has 0 saturated carbocycles. The van der Waals surface area contributed by atoms with Gasteiger partial charge in [-0.3, -0.25) is 13.8 Å². The Kier molecular flexibility index (Phi) is 20.8. The number of phosphoric ester groups is 1. The number of para-hydroxylation sites is 1. The van der Waals surface area contributed by atoms with Gasteiger partial charge >= 0.3 is 19.9 Å². The highest BCUT2D eigenvalue weighted by Crippen LogP contribution is 2.49. The summed E-state index contributed by atoms with van der Waals surface area (Å²) in [5, 5.41) is 2.54. The monoisotopic (exact) mass is 647 g/mol. The fourth-order valence-electron chi connectivity index (χ4n) is 4.59. The molecule has 252 valence electrons. The molecular weight excluding hydrogens is 593 g/mol. The van der Waals surface area contributed by atoms with Crippen molar-refractivity contribution in [3.8, 4) is 5.75 Å². The van der Waals surface area contributed by atoms with Crippen LogP contribution in [0.4, 0.5) is 4.79 Å². The van der Waals surface area contributed by atoms with E-state index < -0.39 is 20.0 Å². The highest BCUT2D eigenvalue weighted by molar-refractivity contribution is 7.48. The molecule has 2 aromatic carbocycles. The quantitative estimate of drug-likeness (QED) is 0.0611. The Morgan fingerprint density at radius 2 is 1.31 bits per heavy atom. The number of hydrogen-bond acceptors (Lipinski definition) is 8. The van der Waals surface area contributed by atoms with Crippen molar-refractivity contribution in [3.05, 3.63) is 66.2 Å². The molecule has 2 atom stereocenters. The van der Waals surface area contributed by atoms with Crippen LogP contribution in [0.25, 0.3) is 0 Å². The number of ether oxygens (including phenoxy) is 2. The molecule has 45 heavy (non-hydrogen) atoms. The van der Waals surface area contributed by atoms with Gasteiger partial charge in [0.2, 0.25) is 0 Å². The summed E-state index contributed by atoms with van der Waals surface area (Å²) in [6.07, 6.45) is 15.2. The van der Waals surface area contributed by atoms with Gasteiger partial charge in [0.05, 0.1) is 13.2 Å². The van der Waals surface area contributed by atoms with Crippen LogP contribution < -0.4 is 9.84 Å². The maximum absolute atomic E-state index is 13.4. The number of esters is 1. The average molecular weight is 648 g/mol. The average Bonchev–Trinajstić information content (AvgIpc) is 3.04. The van der Waals surface area contributed by atoms with Gasteiger partial charge in [-0.15, -0.1) is 0 Å². The molecule has 9 nitrogen and oxygen atoms in total. The highest BCUT2D eigenvalue weighted by Gasteiger charge is 2.30. The molecule has 0 fully saturated rings. The number of carbonyl (C=O) groups excluding carboxylic acids is 2. The highest BCUT2D eigenvalue weighted by atomic mass is 31.2. The summed E-state index contributed by atoms with van der Waals surface area (Å²) in [6.45, 7) is 3.72. The van der Waals surface area contributed by atoms with Gasteiger partial charge < -0.3 is 19.3 Å². The van der Waals surface area contributed by atoms with E-state index in [0.717, 1.165) is 24.8 Å². The van der Waals surface area contributed by atoms with Gasteiger partial charge in [-0.1, -0.05) is 133 Å². The fourth-order valence-corrected chi connectivity index (χ4v) is 5.85. The Morgan fingerprint density at radius 3 is 1.91 bits per heavy atom. The maximum Gasteiger partial charge on any atom is 0.530 e. The van der Waals surface area contributed by atoms with Crippen molar-refractivity contribution >= 4 is 19.9 Å². The number of carbonyl (C=O) groups is 2. The Balaban J connectivity index is 1.61. The molecule has 0 spiro atoms. The number of unbranched alkanes of at least 4 members (excludes halogenated alkanes) is 12. The summed E-state index contributed by atoms with van der Waals surface area (Å²) in [7, 11) is -4.10. The molecule has 0 saturated heterocycles. The first kappa shape index (κ1) is 38.3. The second kappa shape index (κ2) is 24.4. The van der Waals surface area contributed by atoms with E-state index in [1.807, 2.05) is 30.3 Å². The van der Waals surface area contributed by atoms with Crippen LogP contribution >= 0.6 is 7.82 Å². The first-order chi connectivity index (χ1) is 21.9. The van der Waals surface area contributed by atoms with Crippen molar-refractivity contribution in [2.24, 2.45) is 0 Å². The predicted molar refractivity (Wildman–Crippen MR) is 177 cm³/mol. The lowest BCUT2D eigenvalue weighted by Crippen LogP contribution is -2.28. The lowest BCUT2D eigenvalue weighted by Gasteiger charge is -2.21. The number of phosphoric acid groups is 1. The largest absolute Gasteiger partial charge is 0.530 e. The summed E-state index contributed by atoms with van der Waals surface area (Å²) < 4.78 is 40.5. The third-order valence-electron chi connectivity index (χ3n) is 7.08. The van der Waals surface area contributed by atoms with Gasteiger partial charge in [0.1, 0.15) is 18.5 Å². The topological polar surface area (TPSA) is 109 Å². The molecule has 0 aliphatic rings. The summed E-state index contributed by atoms with van der Waals surface area (Å²) in [6, 6.07) is 17.8. The lowest BCUT2D eigenvalue weighted by molar-refractivity contribution is -0.150. The molecule has 1 unspecified atom stereocenters. The van der Waals surface area contributed by atoms with E-state index in [1.54, 1.807) is 37.3 Å². The minimum absolute atomic E-state index is 0.0167. The van der Waals surface area contributed by atoms with Gasteiger partial charge in [0, 0.05) is 13.0 Å². The Morgan fingerprint density at radius 1 is 0.756 bits per heavy atom. The van der Waals surface area contributed by atoms with Gasteiger partial charge in [-0.2, -0.15) is 0 Å². The van der Waals surface area contributed by atoms with Crippen LogP contribution in [-0.2, 0) is 34.5 Å². The minimum atomic E-state index is -4.10. The number of benzene rings is 2. The van der Waals surface area contributed by atoms with Crippen molar-refractivity contribution in [2.75, 3.05) is 19.8 Å². The van der Waals surface area contributed by atoms with Gasteiger partial charge in [0.15, 0.2) is 0 Å². The molecule has 1 N–H and O–H groups in total. The molecule has 0 radical (unpaired) electrons. The van der Waals surface area contributed by atoms with Crippen LogP contribution in [0.1, 0.15) is 109 Å². The third kappa shape index (κ3) is 20.0. The Hall–Kier alpha value is -2.87. The molecular formula is C35H54NO8P. The Bertz CT molecular complexity index is 1090. The molecule has 0 heterocycles. The zero-order valence-corrected chi connectivity index (χ0v) is 28.2. The summed E-state index contributed by atoms with van der Waals surface area (Å²) >= 11 is 0. The van der Waals surface area contributed by atoms with Crippen LogP contribution in [-0.4, -0.2) is 37.9 Å². The van der Waals surface area contributed by atoms with Crippen LogP contribution in [0.5, 0.6) is 5.75 Å². The summed E-state index contributed by atoms with van der Waals surface area (Å²) in [5.74, 6) is -0.0183. The fraction of sp³-hybridized carbons (Fsp3) is 0.600. The predicted octanol–water partition coefficient (Wildman–Crippen LogP) is 9.55. The maximum atomic E-state index is 13.4. The van der Waals surface area contributed by atoms with Crippen molar-refractivity contribution in [1.82, 2.24) is 5.32 Å². The molecule has 0 aliphatic heterocycles. The van der Waals surface area contributed by atoms with Crippen LogP contribution in [0, 0.1) is 0 Å². The molecule has 2 aromatic rings. The van der Waals surface area contributed by atoms with Crippen molar-refractivity contribution < 1.29 is 37.2 Å². The zero-order chi connectivity index (χ0) is 32.4. The molecule has 10 heteroatoms. The molecule has 1 amide bonds. The van der Waals surface area contributed by atoms with E-state index in [2.05, 4.69) is 12.2 Å². The molecule has 0 aromatic heterocycles. The standard InChI is InChI=1S/C35H54NO8P/c1-3-4-5-6-7-8-9-10-11-12-13-14-21-26-34(37)43-31(2)29-42-45(39,44-33-24-19-16-20-25-33)41-28-27-36-35(38)40-30-32-22-17-15-18-23-32/h15-20,22-25,31H,3-14,21,26-30H2,1-2H3,(H,36,38)/t31-,45?/m0/s1. The smallest absolute Gasteiger partial charge is 0.460 e. The van der Waals surface area contributed by atoms with Crippen LogP contribution in [0.15, 0.2) is 60.7 Å². The Labute approximate surface area is 270 Å².